The number of nitrogen functional groups attached to an aromatic ring is 2. The first-order valence-electron chi connectivity index (χ1n) is 18.6. The van der Waals surface area contributed by atoms with E-state index in [1.54, 1.807) is 0 Å². The topological polar surface area (TPSA) is 290 Å². The van der Waals surface area contributed by atoms with E-state index < -0.39 is 36.9 Å². The van der Waals surface area contributed by atoms with E-state index in [4.69, 9.17) is 36.0 Å². The van der Waals surface area contributed by atoms with Crippen LogP contribution in [0.2, 0.25) is 0 Å². The van der Waals surface area contributed by atoms with E-state index in [0.29, 0.717) is 46.8 Å². The number of nitrogens with two attached hydrogens (primary N) is 2. The second-order valence-electron chi connectivity index (χ2n) is 13.8. The number of nitrogens with zero attached hydrogens (tertiary/aromatic N) is 8. The van der Waals surface area contributed by atoms with Crippen LogP contribution in [0.25, 0.3) is 66.6 Å². The van der Waals surface area contributed by atoms with Gasteiger partial charge in [0.25, 0.3) is 0 Å². The van der Waals surface area contributed by atoms with Crippen molar-refractivity contribution in [1.82, 2.24) is 39.0 Å². The Hall–Kier alpha value is -6.22. The van der Waals surface area contributed by atoms with E-state index in [1.165, 1.54) is 12.7 Å². The lowest BCUT2D eigenvalue weighted by molar-refractivity contribution is -0.0426. The molecule has 8 aromatic rings. The fourth-order valence-electron chi connectivity index (χ4n) is 7.69. The molecule has 18 heteroatoms. The first-order chi connectivity index (χ1) is 28.3. The molecule has 6 heterocycles. The fourth-order valence-corrected chi connectivity index (χ4v) is 7.69. The van der Waals surface area contributed by atoms with E-state index in [1.807, 2.05) is 94.1 Å². The van der Waals surface area contributed by atoms with Gasteiger partial charge in [-0.1, -0.05) is 84.9 Å². The van der Waals surface area contributed by atoms with Gasteiger partial charge in [-0.25, -0.2) is 29.9 Å². The zero-order valence-electron chi connectivity index (χ0n) is 31.8. The van der Waals surface area contributed by atoms with Gasteiger partial charge in [-0.2, -0.15) is 0 Å². The Morgan fingerprint density at radius 3 is 1.37 bits per heavy atom. The Labute approximate surface area is 336 Å². The molecule has 2 fully saturated rings. The van der Waals surface area contributed by atoms with Crippen LogP contribution in [0, 0.1) is 0 Å². The lowest BCUT2D eigenvalue weighted by Crippen LogP contribution is -2.24. The van der Waals surface area contributed by atoms with Gasteiger partial charge in [0.05, 0.1) is 25.4 Å². The molecule has 18 nitrogen and oxygen atoms in total. The summed E-state index contributed by atoms with van der Waals surface area (Å²) in [6, 6.07) is 28.1. The van der Waals surface area contributed by atoms with Gasteiger partial charge in [0.1, 0.15) is 49.0 Å². The second kappa shape index (κ2) is 17.3. The van der Waals surface area contributed by atoms with Gasteiger partial charge in [0.2, 0.25) is 0 Å². The smallest absolute Gasteiger partial charge is 0.168 e. The lowest BCUT2D eigenvalue weighted by Gasteiger charge is -2.17. The van der Waals surface area contributed by atoms with Crippen LogP contribution in [0.15, 0.2) is 97.6 Å². The SMILES string of the molecule is CO.Nc1ncnc2c1nc(-c1cccc3ccccc13)n2[C@H]1C[C@H](O)[C@@H](CO)O1.Nc1ncnc2c1nc(-c1cccc3ccccc13)n2[C@H]1C[C@H](O)[C@@H](CO)O1.O. The Morgan fingerprint density at radius 1 is 0.593 bits per heavy atom. The van der Waals surface area contributed by atoms with E-state index in [0.717, 1.165) is 39.8 Å². The summed E-state index contributed by atoms with van der Waals surface area (Å²) in [7, 11) is 1.00. The highest BCUT2D eigenvalue weighted by molar-refractivity contribution is 5.98. The molecule has 10 rings (SSSR count). The Kier molecular flexibility index (Phi) is 12.0. The van der Waals surface area contributed by atoms with Crippen molar-refractivity contribution in [2.75, 3.05) is 31.8 Å². The summed E-state index contributed by atoms with van der Waals surface area (Å²) in [5.41, 5.74) is 15.9. The predicted octanol–water partition coefficient (Wildman–Crippen LogP) is 2.52. The van der Waals surface area contributed by atoms with Crippen molar-refractivity contribution in [3.63, 3.8) is 0 Å². The van der Waals surface area contributed by atoms with E-state index in [2.05, 4.69) is 19.9 Å². The van der Waals surface area contributed by atoms with Crippen molar-refractivity contribution < 1.29 is 40.5 Å². The molecule has 4 aromatic carbocycles. The Morgan fingerprint density at radius 2 is 0.983 bits per heavy atom. The van der Waals surface area contributed by atoms with Crippen LogP contribution in [-0.4, -0.2) is 115 Å². The molecule has 59 heavy (non-hydrogen) atoms. The molecule has 4 aromatic heterocycles. The fraction of sp³-hybridized carbons (Fsp3) is 0.268. The van der Waals surface area contributed by atoms with Gasteiger partial charge in [0.15, 0.2) is 34.0 Å². The summed E-state index contributed by atoms with van der Waals surface area (Å²) in [5, 5.41) is 50.7. The van der Waals surface area contributed by atoms with Crippen LogP contribution < -0.4 is 11.5 Å². The number of fused-ring (bicyclic) bond motifs is 4. The van der Waals surface area contributed by atoms with Gasteiger partial charge in [-0.05, 0) is 21.5 Å². The van der Waals surface area contributed by atoms with Crippen molar-refractivity contribution in [2.24, 2.45) is 0 Å². The third kappa shape index (κ3) is 7.39. The van der Waals surface area contributed by atoms with Crippen molar-refractivity contribution in [3.05, 3.63) is 97.6 Å². The summed E-state index contributed by atoms with van der Waals surface area (Å²) in [5.74, 6) is 1.83. The van der Waals surface area contributed by atoms with E-state index in [9.17, 15) is 20.4 Å². The molecule has 6 atom stereocenters. The first-order valence-corrected chi connectivity index (χ1v) is 18.6. The molecule has 2 aliphatic heterocycles. The molecule has 306 valence electrons. The summed E-state index contributed by atoms with van der Waals surface area (Å²) in [6.07, 6.45) is -0.491. The lowest BCUT2D eigenvalue weighted by atomic mass is 10.0. The maximum Gasteiger partial charge on any atom is 0.168 e. The van der Waals surface area contributed by atoms with Crippen LogP contribution in [0.1, 0.15) is 25.3 Å². The Bertz CT molecular complexity index is 2530. The van der Waals surface area contributed by atoms with Crippen molar-refractivity contribution in [1.29, 1.82) is 0 Å². The minimum Gasteiger partial charge on any atom is -0.412 e. The summed E-state index contributed by atoms with van der Waals surface area (Å²) >= 11 is 0. The molecular weight excluding hydrogens is 761 g/mol. The van der Waals surface area contributed by atoms with Crippen LogP contribution >= 0.6 is 0 Å². The molecule has 0 bridgehead atoms. The standard InChI is InChI=1S/2C20H19N5O3.CH4O.H2O/c2*21-18-17-20(23-10-22-18)25(16-8-14(27)15(9-26)28-16)19(24-17)13-7-3-5-11-4-1-2-6-12(11)13;1-2;/h2*1-7,10,14-16,26-27H,8-9H2,(H2,21,22,23);2H,1H3;1H2/t2*14-,15+,16+;;/m00../s1. The predicted molar refractivity (Wildman–Crippen MR) is 220 cm³/mol. The number of aromatic nitrogens is 8. The van der Waals surface area contributed by atoms with Crippen LogP contribution in [0.4, 0.5) is 11.6 Å². The number of aliphatic hydroxyl groups is 5. The summed E-state index contributed by atoms with van der Waals surface area (Å²) < 4.78 is 15.5. The molecule has 0 saturated carbocycles. The monoisotopic (exact) mass is 804 g/mol. The largest absolute Gasteiger partial charge is 0.412 e. The highest BCUT2D eigenvalue weighted by Crippen LogP contribution is 2.40. The van der Waals surface area contributed by atoms with Crippen molar-refractivity contribution in [3.8, 4) is 22.8 Å². The number of hydrogen-bond acceptors (Lipinski definition) is 15. The van der Waals surface area contributed by atoms with Crippen LogP contribution in [0.3, 0.4) is 0 Å². The molecule has 0 aliphatic carbocycles. The number of hydrogen-bond donors (Lipinski definition) is 7. The quantitative estimate of drug-likeness (QED) is 0.127. The number of ether oxygens (including phenoxy) is 2. The maximum atomic E-state index is 10.2. The normalized spacial score (nSPS) is 21.3. The van der Waals surface area contributed by atoms with Gasteiger partial charge >= 0.3 is 0 Å². The van der Waals surface area contributed by atoms with Crippen LogP contribution in [-0.2, 0) is 9.47 Å². The third-order valence-electron chi connectivity index (χ3n) is 10.4. The molecule has 0 radical (unpaired) electrons. The molecular formula is C41H44N10O8. The molecule has 2 aliphatic rings. The second-order valence-corrected chi connectivity index (χ2v) is 13.8. The minimum atomic E-state index is -0.771. The molecule has 0 unspecified atom stereocenters. The molecule has 0 amide bonds. The summed E-state index contributed by atoms with van der Waals surface area (Å²) in [4.78, 5) is 26.3. The van der Waals surface area contributed by atoms with Gasteiger partial charge < -0.3 is 51.9 Å². The maximum absolute atomic E-state index is 10.2. The van der Waals surface area contributed by atoms with Gasteiger partial charge in [-0.3, -0.25) is 9.13 Å². The number of anilines is 2. The van der Waals surface area contributed by atoms with Gasteiger partial charge in [0, 0.05) is 31.1 Å². The number of aliphatic hydroxyl groups excluding tert-OH is 5. The number of imidazole rings is 2. The zero-order chi connectivity index (χ0) is 40.5. The number of benzene rings is 4. The van der Waals surface area contributed by atoms with E-state index >= 15 is 0 Å². The third-order valence-corrected chi connectivity index (χ3v) is 10.4. The van der Waals surface area contributed by atoms with E-state index in [-0.39, 0.29) is 30.3 Å². The average molecular weight is 805 g/mol. The molecule has 11 N–H and O–H groups in total. The number of rotatable bonds is 6. The minimum absolute atomic E-state index is 0. The van der Waals surface area contributed by atoms with Crippen LogP contribution in [0.5, 0.6) is 0 Å². The first kappa shape index (κ1) is 41.0. The van der Waals surface area contributed by atoms with Gasteiger partial charge in [-0.15, -0.1) is 0 Å². The highest BCUT2D eigenvalue weighted by atomic mass is 16.5. The molecule has 0 spiro atoms. The van der Waals surface area contributed by atoms with Crippen molar-refractivity contribution in [2.45, 2.75) is 49.7 Å². The van der Waals surface area contributed by atoms with Crippen molar-refractivity contribution >= 4 is 55.5 Å². The summed E-state index contributed by atoms with van der Waals surface area (Å²) in [6.45, 7) is -0.518. The zero-order valence-corrected chi connectivity index (χ0v) is 31.8. The molecule has 2 saturated heterocycles. The highest BCUT2D eigenvalue weighted by Gasteiger charge is 2.38. The Balaban J connectivity index is 0.000000169. The average Bonchev–Trinajstić information content (AvgIpc) is 4.04.